The van der Waals surface area contributed by atoms with Crippen molar-refractivity contribution in [1.29, 1.82) is 15.8 Å². The molecule has 0 aromatic heterocycles. The highest BCUT2D eigenvalue weighted by Crippen LogP contribution is 2.48. The molecule has 0 bridgehead atoms. The fraction of sp³-hybridized carbons (Fsp3) is 0.154. The summed E-state index contributed by atoms with van der Waals surface area (Å²) in [5.74, 6) is -0.270. The highest BCUT2D eigenvalue weighted by Gasteiger charge is 2.53. The average molecular weight is 283 g/mol. The zero-order valence-corrected chi connectivity index (χ0v) is 10.6. The van der Waals surface area contributed by atoms with Crippen molar-refractivity contribution in [1.82, 2.24) is 0 Å². The van der Waals surface area contributed by atoms with Gasteiger partial charge in [0.2, 0.25) is 11.3 Å². The predicted molar refractivity (Wildman–Crippen MR) is 66.5 cm³/mol. The van der Waals surface area contributed by atoms with Gasteiger partial charge in [0.1, 0.15) is 11.6 Å². The van der Waals surface area contributed by atoms with E-state index in [9.17, 15) is 15.7 Å². The second-order valence-corrected chi connectivity index (χ2v) is 4.31. The molecule has 0 radical (unpaired) electrons. The number of hydrogen-bond acceptors (Lipinski definition) is 7. The van der Waals surface area contributed by atoms with Gasteiger partial charge in [0.25, 0.3) is 0 Å². The second-order valence-electron chi connectivity index (χ2n) is 4.31. The van der Waals surface area contributed by atoms with Crippen LogP contribution in [0.15, 0.2) is 35.7 Å². The molecule has 0 saturated heterocycles. The molecule has 104 valence electrons. The summed E-state index contributed by atoms with van der Waals surface area (Å²) in [7, 11) is 0. The van der Waals surface area contributed by atoms with Crippen LogP contribution < -0.4 is 11.0 Å². The van der Waals surface area contributed by atoms with Crippen LogP contribution in [0.1, 0.15) is 11.7 Å². The quantitative estimate of drug-likeness (QED) is 0.639. The predicted octanol–water partition coefficient (Wildman–Crippen LogP) is -0.111. The lowest BCUT2D eigenvalue weighted by Crippen LogP contribution is -2.99. The molecule has 1 aromatic carbocycles. The first-order chi connectivity index (χ1) is 10.00. The van der Waals surface area contributed by atoms with Crippen molar-refractivity contribution in [3.8, 4) is 18.2 Å². The minimum atomic E-state index is -1.84. The summed E-state index contributed by atoms with van der Waals surface area (Å²) in [6, 6.07) is 10.8. The minimum Gasteiger partial charge on any atom is -0.595 e. The number of nitrogens with two attached hydrogens (primary N) is 1. The van der Waals surface area contributed by atoms with Gasteiger partial charge >= 0.3 is 0 Å². The van der Waals surface area contributed by atoms with E-state index < -0.39 is 16.7 Å². The third kappa shape index (κ3) is 2.04. The molecule has 4 N–H and O–H groups in total. The molecule has 2 atom stereocenters. The first-order valence-corrected chi connectivity index (χ1v) is 5.73. The Labute approximate surface area is 119 Å². The largest absolute Gasteiger partial charge is 0.595 e. The van der Waals surface area contributed by atoms with Gasteiger partial charge in [-0.3, -0.25) is 0 Å². The Bertz CT molecular complexity index is 704. The molecule has 21 heavy (non-hydrogen) atoms. The van der Waals surface area contributed by atoms with Gasteiger partial charge in [0.15, 0.2) is 11.8 Å². The summed E-state index contributed by atoms with van der Waals surface area (Å²) in [4.78, 5) is 0. The fourth-order valence-electron chi connectivity index (χ4n) is 2.12. The molecule has 0 spiro atoms. The second kappa shape index (κ2) is 5.12. The monoisotopic (exact) mass is 283 g/mol. The molecular weight excluding hydrogens is 274 g/mol. The molecule has 0 amide bonds. The van der Waals surface area contributed by atoms with Crippen LogP contribution in [0.25, 0.3) is 0 Å². The summed E-state index contributed by atoms with van der Waals surface area (Å²) in [5.41, 5.74) is 3.92. The Morgan fingerprint density at radius 2 is 1.81 bits per heavy atom. The Balaban J connectivity index is 2.49. The maximum absolute atomic E-state index is 10.8. The zero-order chi connectivity index (χ0) is 15.6. The lowest BCUT2D eigenvalue weighted by molar-refractivity contribution is -0.991. The van der Waals surface area contributed by atoms with Gasteiger partial charge in [0, 0.05) is 12.1 Å². The lowest BCUT2D eigenvalue weighted by Gasteiger charge is -2.21. The van der Waals surface area contributed by atoms with Gasteiger partial charge in [-0.2, -0.15) is 21.0 Å². The van der Waals surface area contributed by atoms with E-state index in [-0.39, 0.29) is 17.1 Å². The number of hydrogen-bond donors (Lipinski definition) is 3. The summed E-state index contributed by atoms with van der Waals surface area (Å²) >= 11 is 0. The Kier molecular flexibility index (Phi) is 3.49. The van der Waals surface area contributed by atoms with Crippen molar-refractivity contribution in [3.05, 3.63) is 46.5 Å². The van der Waals surface area contributed by atoms with Crippen LogP contribution in [0.2, 0.25) is 0 Å². The molecule has 8 heteroatoms. The number of quaternary nitrogens is 1. The Hall–Kier alpha value is -3.09. The standard InChI is InChI=1S/C13H9N5O3/c14-5-10-12(17)21-11(13(10,6-15)7-16)8-1-3-9(4-2-8)18(19)20/h1-4,11,18-19H,17H2. The van der Waals surface area contributed by atoms with Crippen LogP contribution in [-0.4, -0.2) is 5.21 Å². The summed E-state index contributed by atoms with van der Waals surface area (Å²) in [6.45, 7) is 0. The van der Waals surface area contributed by atoms with Crippen molar-refractivity contribution in [2.75, 3.05) is 0 Å². The highest BCUT2D eigenvalue weighted by molar-refractivity contribution is 5.50. The number of benzene rings is 1. The van der Waals surface area contributed by atoms with Crippen molar-refractivity contribution < 1.29 is 15.2 Å². The maximum atomic E-state index is 10.8. The van der Waals surface area contributed by atoms with Crippen LogP contribution in [-0.2, 0) is 4.74 Å². The Morgan fingerprint density at radius 1 is 1.24 bits per heavy atom. The Morgan fingerprint density at radius 3 is 2.24 bits per heavy atom. The molecule has 1 aliphatic heterocycles. The van der Waals surface area contributed by atoms with Crippen molar-refractivity contribution in [3.63, 3.8) is 0 Å². The molecule has 0 aliphatic carbocycles. The van der Waals surface area contributed by atoms with E-state index in [1.807, 2.05) is 0 Å². The molecule has 1 heterocycles. The summed E-state index contributed by atoms with van der Waals surface area (Å²) < 4.78 is 5.29. The normalized spacial score (nSPS) is 20.8. The molecule has 0 fully saturated rings. The van der Waals surface area contributed by atoms with Gasteiger partial charge in [-0.15, -0.1) is 0 Å². The molecule has 2 unspecified atom stereocenters. The average Bonchev–Trinajstić information content (AvgIpc) is 2.79. The molecule has 1 aromatic rings. The molecule has 2 rings (SSSR count). The molecule has 1 aliphatic rings. The van der Waals surface area contributed by atoms with Gasteiger partial charge in [-0.05, 0) is 17.7 Å². The van der Waals surface area contributed by atoms with Gasteiger partial charge in [-0.1, -0.05) is 0 Å². The van der Waals surface area contributed by atoms with Crippen LogP contribution in [0, 0.1) is 44.6 Å². The lowest BCUT2D eigenvalue weighted by atomic mass is 9.77. The van der Waals surface area contributed by atoms with Crippen LogP contribution >= 0.6 is 0 Å². The number of nitriles is 3. The number of nitrogens with one attached hydrogen (secondary N) is 1. The smallest absolute Gasteiger partial charge is 0.224 e. The van der Waals surface area contributed by atoms with E-state index in [0.29, 0.717) is 5.56 Å². The number of nitrogens with zero attached hydrogens (tertiary/aromatic N) is 3. The van der Waals surface area contributed by atoms with E-state index in [1.54, 1.807) is 18.2 Å². The van der Waals surface area contributed by atoms with E-state index in [4.69, 9.17) is 20.9 Å². The van der Waals surface area contributed by atoms with Crippen LogP contribution in [0.3, 0.4) is 0 Å². The van der Waals surface area contributed by atoms with Gasteiger partial charge in [0.05, 0.1) is 12.1 Å². The first kappa shape index (κ1) is 14.3. The minimum absolute atomic E-state index is 0.0534. The van der Waals surface area contributed by atoms with Gasteiger partial charge < -0.3 is 15.7 Å². The van der Waals surface area contributed by atoms with Crippen molar-refractivity contribution >= 4 is 5.69 Å². The third-order valence-corrected chi connectivity index (χ3v) is 3.20. The molecule has 0 saturated carbocycles. The van der Waals surface area contributed by atoms with E-state index >= 15 is 0 Å². The zero-order valence-electron chi connectivity index (χ0n) is 10.6. The van der Waals surface area contributed by atoms with Crippen molar-refractivity contribution in [2.24, 2.45) is 11.1 Å². The highest BCUT2D eigenvalue weighted by atomic mass is 16.8. The van der Waals surface area contributed by atoms with E-state index in [0.717, 1.165) is 0 Å². The van der Waals surface area contributed by atoms with Crippen LogP contribution in [0.5, 0.6) is 0 Å². The number of ether oxygens (including phenoxy) is 1. The van der Waals surface area contributed by atoms with E-state index in [1.165, 1.54) is 24.3 Å². The topological polar surface area (TPSA) is 154 Å². The maximum Gasteiger partial charge on any atom is 0.224 e. The number of rotatable bonds is 2. The summed E-state index contributed by atoms with van der Waals surface area (Å²) in [6.07, 6.45) is -1.08. The first-order valence-electron chi connectivity index (χ1n) is 5.73. The molecule has 8 nitrogen and oxygen atoms in total. The third-order valence-electron chi connectivity index (χ3n) is 3.20. The molecular formula is C13H9N5O3. The SMILES string of the molecule is N#CC1=C(N)OC(c2ccc([NH+]([O-])O)cc2)C1(C#N)C#N. The van der Waals surface area contributed by atoms with E-state index in [2.05, 4.69) is 0 Å². The summed E-state index contributed by atoms with van der Waals surface area (Å²) in [5, 5.41) is 46.3. The fourth-order valence-corrected chi connectivity index (χ4v) is 2.12. The van der Waals surface area contributed by atoms with Gasteiger partial charge in [-0.25, -0.2) is 5.21 Å². The van der Waals surface area contributed by atoms with Crippen LogP contribution in [0.4, 0.5) is 5.69 Å². The van der Waals surface area contributed by atoms with Crippen molar-refractivity contribution in [2.45, 2.75) is 6.10 Å².